The standard InChI is InChI=1S/C29H30FNO4/c1-19-26-14-24(33)8-11-27(26)35-29(28(19)22-4-2-20(18-32)3-5-22)23-6-9-25(10-7-23)34-13-12-31-16-21(15-30)17-31/h2-11,14,21,29,32-33H,12-13,15-18H2,1H3/t29-/m0/s1. The van der Waals surface area contributed by atoms with Crippen molar-refractivity contribution in [1.82, 2.24) is 4.90 Å². The Labute approximate surface area is 205 Å². The molecule has 0 saturated carbocycles. The SMILES string of the molecule is CC1=C(c2ccc(CO)cc2)[C@H](c2ccc(OCCN3CC(CF)C3)cc2)Oc2ccc(O)cc21. The van der Waals surface area contributed by atoms with Gasteiger partial charge in [-0.2, -0.15) is 0 Å². The summed E-state index contributed by atoms with van der Waals surface area (Å²) in [5, 5.41) is 19.5. The van der Waals surface area contributed by atoms with Crippen molar-refractivity contribution >= 4 is 11.1 Å². The maximum Gasteiger partial charge on any atom is 0.150 e. The molecule has 2 heterocycles. The molecule has 0 aromatic heterocycles. The van der Waals surface area contributed by atoms with E-state index in [1.54, 1.807) is 18.2 Å². The number of likely N-dealkylation sites (tertiary alicyclic amines) is 1. The molecule has 6 heteroatoms. The van der Waals surface area contributed by atoms with Crippen LogP contribution in [-0.2, 0) is 6.61 Å². The highest BCUT2D eigenvalue weighted by Gasteiger charge is 2.30. The van der Waals surface area contributed by atoms with E-state index in [4.69, 9.17) is 9.47 Å². The summed E-state index contributed by atoms with van der Waals surface area (Å²) >= 11 is 0. The Hall–Kier alpha value is -3.35. The number of phenolic OH excluding ortho intramolecular Hbond substituents is 1. The number of halogens is 1. The second kappa shape index (κ2) is 10.1. The van der Waals surface area contributed by atoms with Gasteiger partial charge in [-0.05, 0) is 59.5 Å². The van der Waals surface area contributed by atoms with E-state index in [1.807, 2.05) is 55.5 Å². The van der Waals surface area contributed by atoms with Gasteiger partial charge < -0.3 is 19.7 Å². The van der Waals surface area contributed by atoms with Gasteiger partial charge in [-0.15, -0.1) is 0 Å². The Morgan fingerprint density at radius 1 is 1.03 bits per heavy atom. The van der Waals surface area contributed by atoms with Gasteiger partial charge in [-0.25, -0.2) is 0 Å². The molecule has 0 bridgehead atoms. The number of hydrogen-bond acceptors (Lipinski definition) is 5. The predicted molar refractivity (Wildman–Crippen MR) is 134 cm³/mol. The van der Waals surface area contributed by atoms with E-state index in [-0.39, 0.29) is 31.1 Å². The number of rotatable bonds is 8. The van der Waals surface area contributed by atoms with E-state index in [1.165, 1.54) is 0 Å². The highest BCUT2D eigenvalue weighted by Crippen LogP contribution is 2.47. The van der Waals surface area contributed by atoms with Crippen molar-refractivity contribution in [3.05, 3.63) is 89.0 Å². The Balaban J connectivity index is 1.38. The number of aliphatic hydroxyl groups excluding tert-OH is 1. The zero-order valence-corrected chi connectivity index (χ0v) is 19.8. The monoisotopic (exact) mass is 475 g/mol. The first-order chi connectivity index (χ1) is 17.1. The summed E-state index contributed by atoms with van der Waals surface area (Å²) < 4.78 is 25.0. The minimum absolute atomic E-state index is 0.00933. The molecule has 0 radical (unpaired) electrons. The number of aliphatic hydroxyl groups is 1. The van der Waals surface area contributed by atoms with Crippen LogP contribution in [0.2, 0.25) is 0 Å². The van der Waals surface area contributed by atoms with E-state index < -0.39 is 0 Å². The molecular formula is C29H30FNO4. The van der Waals surface area contributed by atoms with E-state index in [2.05, 4.69) is 4.90 Å². The van der Waals surface area contributed by atoms with Gasteiger partial charge in [-0.1, -0.05) is 36.4 Å². The molecule has 0 amide bonds. The zero-order chi connectivity index (χ0) is 24.4. The molecule has 35 heavy (non-hydrogen) atoms. The van der Waals surface area contributed by atoms with Gasteiger partial charge in [0, 0.05) is 36.7 Å². The largest absolute Gasteiger partial charge is 0.508 e. The van der Waals surface area contributed by atoms with Crippen molar-refractivity contribution in [2.24, 2.45) is 5.92 Å². The van der Waals surface area contributed by atoms with Gasteiger partial charge in [0.1, 0.15) is 30.0 Å². The number of phenols is 1. The van der Waals surface area contributed by atoms with Crippen LogP contribution in [0.3, 0.4) is 0 Å². The van der Waals surface area contributed by atoms with Crippen LogP contribution >= 0.6 is 0 Å². The summed E-state index contributed by atoms with van der Waals surface area (Å²) in [6.45, 7) is 4.78. The molecule has 0 spiro atoms. The summed E-state index contributed by atoms with van der Waals surface area (Å²) in [6.07, 6.45) is -0.334. The number of ether oxygens (including phenoxy) is 2. The quantitative estimate of drug-likeness (QED) is 0.467. The summed E-state index contributed by atoms with van der Waals surface area (Å²) in [7, 11) is 0. The van der Waals surface area contributed by atoms with Crippen LogP contribution in [0.1, 0.15) is 35.3 Å². The number of nitrogens with zero attached hydrogens (tertiary/aromatic N) is 1. The molecule has 3 aromatic carbocycles. The Morgan fingerprint density at radius 2 is 1.77 bits per heavy atom. The lowest BCUT2D eigenvalue weighted by atomic mass is 9.86. The first-order valence-electron chi connectivity index (χ1n) is 12.0. The van der Waals surface area contributed by atoms with E-state index in [0.29, 0.717) is 6.61 Å². The summed E-state index contributed by atoms with van der Waals surface area (Å²) in [6, 6.07) is 20.9. The van der Waals surface area contributed by atoms with Crippen LogP contribution in [-0.4, -0.2) is 48.0 Å². The highest BCUT2D eigenvalue weighted by atomic mass is 19.1. The van der Waals surface area contributed by atoms with Gasteiger partial charge in [-0.3, -0.25) is 9.29 Å². The fourth-order valence-corrected chi connectivity index (χ4v) is 4.82. The molecule has 5 rings (SSSR count). The average molecular weight is 476 g/mol. The van der Waals surface area contributed by atoms with E-state index >= 15 is 0 Å². The topological polar surface area (TPSA) is 62.2 Å². The minimum Gasteiger partial charge on any atom is -0.508 e. The number of alkyl halides is 1. The van der Waals surface area contributed by atoms with Crippen molar-refractivity contribution in [2.75, 3.05) is 32.9 Å². The number of hydrogen-bond donors (Lipinski definition) is 2. The van der Waals surface area contributed by atoms with Gasteiger partial charge in [0.15, 0.2) is 0 Å². The number of fused-ring (bicyclic) bond motifs is 1. The fraction of sp³-hybridized carbons (Fsp3) is 0.310. The summed E-state index contributed by atoms with van der Waals surface area (Å²) in [5.74, 6) is 1.89. The van der Waals surface area contributed by atoms with Crippen LogP contribution in [0, 0.1) is 5.92 Å². The lowest BCUT2D eigenvalue weighted by Crippen LogP contribution is -2.49. The molecule has 0 aliphatic carbocycles. The second-order valence-electron chi connectivity index (χ2n) is 9.27. The molecule has 2 aliphatic heterocycles. The highest BCUT2D eigenvalue weighted by molar-refractivity contribution is 5.95. The van der Waals surface area contributed by atoms with Crippen LogP contribution < -0.4 is 9.47 Å². The molecule has 2 N–H and O–H groups in total. The van der Waals surface area contributed by atoms with Gasteiger partial charge in [0.25, 0.3) is 0 Å². The van der Waals surface area contributed by atoms with E-state index in [9.17, 15) is 14.6 Å². The minimum atomic E-state index is -0.334. The number of aromatic hydroxyl groups is 1. The zero-order valence-electron chi connectivity index (χ0n) is 19.8. The van der Waals surface area contributed by atoms with Crippen molar-refractivity contribution in [1.29, 1.82) is 0 Å². The summed E-state index contributed by atoms with van der Waals surface area (Å²) in [4.78, 5) is 2.20. The van der Waals surface area contributed by atoms with Crippen LogP contribution in [0.25, 0.3) is 11.1 Å². The third kappa shape index (κ3) is 4.90. The smallest absolute Gasteiger partial charge is 0.150 e. The third-order valence-electron chi connectivity index (χ3n) is 6.84. The normalized spacial score (nSPS) is 18.1. The second-order valence-corrected chi connectivity index (χ2v) is 9.27. The molecular weight excluding hydrogens is 445 g/mol. The lowest BCUT2D eigenvalue weighted by Gasteiger charge is -2.37. The molecule has 182 valence electrons. The Bertz CT molecular complexity index is 1200. The van der Waals surface area contributed by atoms with Crippen LogP contribution in [0.4, 0.5) is 4.39 Å². The fourth-order valence-electron chi connectivity index (χ4n) is 4.82. The number of allylic oxidation sites excluding steroid dienone is 1. The van der Waals surface area contributed by atoms with Crippen LogP contribution in [0.15, 0.2) is 66.7 Å². The Kier molecular flexibility index (Phi) is 6.75. The average Bonchev–Trinajstić information content (AvgIpc) is 2.86. The summed E-state index contributed by atoms with van der Waals surface area (Å²) in [5.41, 5.74) is 5.75. The van der Waals surface area contributed by atoms with Gasteiger partial charge >= 0.3 is 0 Å². The van der Waals surface area contributed by atoms with Crippen molar-refractivity contribution in [3.63, 3.8) is 0 Å². The predicted octanol–water partition coefficient (Wildman–Crippen LogP) is 5.23. The first-order valence-corrected chi connectivity index (χ1v) is 12.0. The third-order valence-corrected chi connectivity index (χ3v) is 6.84. The molecule has 2 aliphatic rings. The molecule has 1 fully saturated rings. The lowest BCUT2D eigenvalue weighted by molar-refractivity contribution is 0.0668. The van der Waals surface area contributed by atoms with Crippen molar-refractivity contribution < 1.29 is 24.1 Å². The van der Waals surface area contributed by atoms with Crippen LogP contribution in [0.5, 0.6) is 17.2 Å². The molecule has 0 unspecified atom stereocenters. The Morgan fingerprint density at radius 3 is 2.46 bits per heavy atom. The molecule has 5 nitrogen and oxygen atoms in total. The molecule has 1 atom stereocenters. The first kappa shape index (κ1) is 23.4. The maximum atomic E-state index is 12.6. The van der Waals surface area contributed by atoms with Gasteiger partial charge in [0.2, 0.25) is 0 Å². The van der Waals surface area contributed by atoms with Crippen molar-refractivity contribution in [2.45, 2.75) is 19.6 Å². The molecule has 3 aromatic rings. The maximum absolute atomic E-state index is 12.6. The van der Waals surface area contributed by atoms with Crippen molar-refractivity contribution in [3.8, 4) is 17.2 Å². The molecule has 1 saturated heterocycles. The van der Waals surface area contributed by atoms with Gasteiger partial charge in [0.05, 0.1) is 13.3 Å². The number of benzene rings is 3. The van der Waals surface area contributed by atoms with E-state index in [0.717, 1.165) is 64.5 Å².